The number of hydrogen-bond donors (Lipinski definition) is 1. The van der Waals surface area contributed by atoms with Gasteiger partial charge in [0.25, 0.3) is 0 Å². The quantitative estimate of drug-likeness (QED) is 0.679. The second-order valence-corrected chi connectivity index (χ2v) is 5.29. The van der Waals surface area contributed by atoms with Gasteiger partial charge in [0, 0.05) is 5.56 Å². The molecule has 0 fully saturated rings. The van der Waals surface area contributed by atoms with Crippen molar-refractivity contribution < 1.29 is 14.6 Å². The Kier molecular flexibility index (Phi) is 3.69. The van der Waals surface area contributed by atoms with Crippen molar-refractivity contribution in [1.82, 2.24) is 0 Å². The van der Waals surface area contributed by atoms with E-state index in [2.05, 4.69) is 4.99 Å². The summed E-state index contributed by atoms with van der Waals surface area (Å²) in [5.41, 5.74) is 2.15. The molecule has 2 aromatic carbocycles. The Morgan fingerprint density at radius 3 is 2.77 bits per heavy atom. The van der Waals surface area contributed by atoms with Gasteiger partial charge in [-0.2, -0.15) is 0 Å². The third-order valence-corrected chi connectivity index (χ3v) is 3.53. The molecule has 1 N–H and O–H groups in total. The molecule has 22 heavy (non-hydrogen) atoms. The number of carbonyl (C=O) groups excluding carboxylic acids is 1. The van der Waals surface area contributed by atoms with Crippen molar-refractivity contribution in [3.05, 3.63) is 69.9 Å². The maximum Gasteiger partial charge on any atom is 0.363 e. The first-order chi connectivity index (χ1) is 10.5. The van der Waals surface area contributed by atoms with E-state index in [4.69, 9.17) is 16.3 Å². The van der Waals surface area contributed by atoms with Gasteiger partial charge in [0.1, 0.15) is 5.75 Å². The summed E-state index contributed by atoms with van der Waals surface area (Å²) in [7, 11) is 0. The zero-order valence-electron chi connectivity index (χ0n) is 11.7. The second-order valence-electron chi connectivity index (χ2n) is 4.88. The number of aliphatic imine (C=N–C) groups is 1. The highest BCUT2D eigenvalue weighted by molar-refractivity contribution is 6.34. The molecule has 4 nitrogen and oxygen atoms in total. The predicted molar refractivity (Wildman–Crippen MR) is 84.9 cm³/mol. The number of aromatic hydroxyl groups is 1. The van der Waals surface area contributed by atoms with Crippen molar-refractivity contribution in [3.8, 4) is 5.75 Å². The Morgan fingerprint density at radius 1 is 1.23 bits per heavy atom. The van der Waals surface area contributed by atoms with Gasteiger partial charge in [0.05, 0.1) is 10.6 Å². The van der Waals surface area contributed by atoms with Gasteiger partial charge in [-0.1, -0.05) is 35.4 Å². The number of phenolic OH excluding ortho intramolecular Hbond substituents is 1. The van der Waals surface area contributed by atoms with Gasteiger partial charge < -0.3 is 9.84 Å². The molecule has 2 aromatic rings. The van der Waals surface area contributed by atoms with E-state index in [1.54, 1.807) is 42.5 Å². The van der Waals surface area contributed by atoms with Crippen molar-refractivity contribution >= 4 is 29.5 Å². The summed E-state index contributed by atoms with van der Waals surface area (Å²) >= 11 is 6.07. The molecule has 0 bridgehead atoms. The second kappa shape index (κ2) is 5.66. The monoisotopic (exact) mass is 313 g/mol. The van der Waals surface area contributed by atoms with Gasteiger partial charge in [-0.25, -0.2) is 9.79 Å². The molecule has 0 saturated carbocycles. The average molecular weight is 314 g/mol. The summed E-state index contributed by atoms with van der Waals surface area (Å²) in [5.74, 6) is -0.336. The van der Waals surface area contributed by atoms with E-state index in [1.165, 1.54) is 6.08 Å². The van der Waals surface area contributed by atoms with Gasteiger partial charge in [-0.05, 0) is 37.3 Å². The van der Waals surface area contributed by atoms with Crippen LogP contribution in [-0.2, 0) is 9.53 Å². The van der Waals surface area contributed by atoms with Crippen LogP contribution in [0.25, 0.3) is 6.08 Å². The van der Waals surface area contributed by atoms with Crippen molar-refractivity contribution in [1.29, 1.82) is 0 Å². The lowest BCUT2D eigenvalue weighted by atomic mass is 10.1. The van der Waals surface area contributed by atoms with E-state index in [-0.39, 0.29) is 17.3 Å². The average Bonchev–Trinajstić information content (AvgIpc) is 2.84. The number of carbonyl (C=O) groups is 1. The summed E-state index contributed by atoms with van der Waals surface area (Å²) in [5, 5.41) is 10.3. The molecule has 110 valence electrons. The van der Waals surface area contributed by atoms with Crippen LogP contribution in [0, 0.1) is 6.92 Å². The van der Waals surface area contributed by atoms with Crippen molar-refractivity contribution in [3.63, 3.8) is 0 Å². The lowest BCUT2D eigenvalue weighted by Gasteiger charge is -2.00. The molecule has 3 rings (SSSR count). The molecule has 0 spiro atoms. The van der Waals surface area contributed by atoms with Crippen LogP contribution in [0.4, 0.5) is 0 Å². The molecule has 0 atom stereocenters. The fraction of sp³-hybridized carbons (Fsp3) is 0.0588. The Labute approximate surface area is 132 Å². The minimum absolute atomic E-state index is 0.0762. The molecule has 0 radical (unpaired) electrons. The lowest BCUT2D eigenvalue weighted by molar-refractivity contribution is -0.129. The van der Waals surface area contributed by atoms with Crippen LogP contribution in [-0.4, -0.2) is 17.0 Å². The van der Waals surface area contributed by atoms with Crippen LogP contribution >= 0.6 is 11.6 Å². The van der Waals surface area contributed by atoms with Crippen LogP contribution in [0.3, 0.4) is 0 Å². The van der Waals surface area contributed by atoms with Crippen molar-refractivity contribution in [2.75, 3.05) is 0 Å². The fourth-order valence-corrected chi connectivity index (χ4v) is 2.31. The number of ether oxygens (including phenoxy) is 1. The highest BCUT2D eigenvalue weighted by Gasteiger charge is 2.25. The van der Waals surface area contributed by atoms with Crippen LogP contribution in [0.5, 0.6) is 5.75 Å². The van der Waals surface area contributed by atoms with Gasteiger partial charge in [-0.15, -0.1) is 0 Å². The zero-order chi connectivity index (χ0) is 15.7. The van der Waals surface area contributed by atoms with Crippen LogP contribution in [0.2, 0.25) is 5.02 Å². The largest absolute Gasteiger partial charge is 0.507 e. The first-order valence-corrected chi connectivity index (χ1v) is 6.99. The van der Waals surface area contributed by atoms with E-state index in [0.717, 1.165) is 5.56 Å². The highest BCUT2D eigenvalue weighted by Crippen LogP contribution is 2.26. The third kappa shape index (κ3) is 2.73. The smallest absolute Gasteiger partial charge is 0.363 e. The topological polar surface area (TPSA) is 58.9 Å². The molecule has 0 aromatic heterocycles. The van der Waals surface area contributed by atoms with Crippen LogP contribution < -0.4 is 0 Å². The number of cyclic esters (lactones) is 1. The minimum atomic E-state index is -0.573. The molecule has 0 amide bonds. The predicted octanol–water partition coefficient (Wildman–Crippen LogP) is 3.70. The van der Waals surface area contributed by atoms with E-state index in [9.17, 15) is 9.90 Å². The van der Waals surface area contributed by atoms with Gasteiger partial charge in [0.2, 0.25) is 5.90 Å². The molecule has 1 heterocycles. The first kappa shape index (κ1) is 14.4. The Hall–Kier alpha value is -2.59. The molecule has 0 aliphatic carbocycles. The van der Waals surface area contributed by atoms with E-state index >= 15 is 0 Å². The summed E-state index contributed by atoms with van der Waals surface area (Å²) < 4.78 is 5.16. The number of nitrogens with zero attached hydrogens (tertiary/aromatic N) is 1. The normalized spacial score (nSPS) is 15.8. The summed E-state index contributed by atoms with van der Waals surface area (Å²) in [6.07, 6.45) is 1.49. The Balaban J connectivity index is 2.02. The number of aryl methyl sites for hydroxylation is 1. The van der Waals surface area contributed by atoms with Crippen LogP contribution in [0.15, 0.2) is 53.2 Å². The van der Waals surface area contributed by atoms with E-state index in [0.29, 0.717) is 16.1 Å². The standard InChI is InChI=1S/C17H12ClNO3/c1-10-6-7-15(20)11(8-10)9-14-17(21)22-16(19-14)12-4-2-3-5-13(12)18/h2-9,20H,1H3/b14-9+. The van der Waals surface area contributed by atoms with Crippen LogP contribution in [0.1, 0.15) is 16.7 Å². The maximum absolute atomic E-state index is 11.9. The molecule has 0 unspecified atom stereocenters. The number of hydrogen-bond acceptors (Lipinski definition) is 4. The zero-order valence-corrected chi connectivity index (χ0v) is 12.5. The third-order valence-electron chi connectivity index (χ3n) is 3.20. The number of benzene rings is 2. The molecule has 1 aliphatic rings. The van der Waals surface area contributed by atoms with Crippen molar-refractivity contribution in [2.24, 2.45) is 4.99 Å². The SMILES string of the molecule is Cc1ccc(O)c(/C=C2/N=C(c3ccccc3Cl)OC2=O)c1. The molecule has 0 saturated heterocycles. The number of phenols is 1. The molecular weight excluding hydrogens is 302 g/mol. The molecule has 5 heteroatoms. The summed E-state index contributed by atoms with van der Waals surface area (Å²) in [6.45, 7) is 1.90. The van der Waals surface area contributed by atoms with Gasteiger partial charge in [-0.3, -0.25) is 0 Å². The minimum Gasteiger partial charge on any atom is -0.507 e. The van der Waals surface area contributed by atoms with E-state index in [1.807, 2.05) is 6.92 Å². The number of esters is 1. The molecular formula is C17H12ClNO3. The van der Waals surface area contributed by atoms with Crippen molar-refractivity contribution in [2.45, 2.75) is 6.92 Å². The van der Waals surface area contributed by atoms with Gasteiger partial charge in [0.15, 0.2) is 5.70 Å². The number of halogens is 1. The van der Waals surface area contributed by atoms with Gasteiger partial charge >= 0.3 is 5.97 Å². The Morgan fingerprint density at radius 2 is 2.00 bits per heavy atom. The lowest BCUT2D eigenvalue weighted by Crippen LogP contribution is -2.05. The maximum atomic E-state index is 11.9. The first-order valence-electron chi connectivity index (χ1n) is 6.61. The summed E-state index contributed by atoms with van der Waals surface area (Å²) in [6, 6.07) is 12.1. The Bertz CT molecular complexity index is 824. The number of rotatable bonds is 2. The summed E-state index contributed by atoms with van der Waals surface area (Å²) in [4.78, 5) is 16.1. The van der Waals surface area contributed by atoms with E-state index < -0.39 is 5.97 Å². The fourth-order valence-electron chi connectivity index (χ4n) is 2.10. The molecule has 1 aliphatic heterocycles. The highest BCUT2D eigenvalue weighted by atomic mass is 35.5.